The fourth-order valence-electron chi connectivity index (χ4n) is 10.7. The van der Waals surface area contributed by atoms with E-state index in [9.17, 15) is 14.4 Å². The molecule has 0 aromatic heterocycles. The van der Waals surface area contributed by atoms with E-state index in [0.717, 1.165) is 89.9 Å². The molecule has 0 bridgehead atoms. The molecular formula is C77H138O6. The highest BCUT2D eigenvalue weighted by Gasteiger charge is 2.19. The van der Waals surface area contributed by atoms with Gasteiger partial charge in [-0.2, -0.15) is 0 Å². The number of carbonyl (C=O) groups excluding carboxylic acids is 3. The van der Waals surface area contributed by atoms with Crippen LogP contribution >= 0.6 is 0 Å². The molecule has 6 nitrogen and oxygen atoms in total. The molecule has 0 rings (SSSR count). The zero-order valence-corrected chi connectivity index (χ0v) is 55.5. The van der Waals surface area contributed by atoms with Crippen LogP contribution in [0.2, 0.25) is 0 Å². The summed E-state index contributed by atoms with van der Waals surface area (Å²) in [6.07, 6.45) is 93.8. The number of hydrogen-bond donors (Lipinski definition) is 0. The van der Waals surface area contributed by atoms with Crippen molar-refractivity contribution in [2.24, 2.45) is 0 Å². The van der Waals surface area contributed by atoms with Gasteiger partial charge in [0, 0.05) is 19.3 Å². The van der Waals surface area contributed by atoms with E-state index >= 15 is 0 Å². The summed E-state index contributed by atoms with van der Waals surface area (Å²) in [5.74, 6) is -0.892. The number of hydrogen-bond acceptors (Lipinski definition) is 6. The molecule has 0 aromatic carbocycles. The summed E-state index contributed by atoms with van der Waals surface area (Å²) in [5, 5.41) is 0. The standard InChI is InChI=1S/C77H138O6/c1-4-7-10-13-16-19-22-25-27-29-31-33-35-37-38-40-41-43-45-47-49-52-55-58-61-64-67-70-76(79)82-73-74(72-81-75(78)69-66-63-60-57-54-51-24-21-18-15-12-9-6-3)83-77(80)71-68-65-62-59-56-53-50-48-46-44-42-39-36-34-32-30-28-26-23-20-17-14-11-8-5-2/h9,12,18,21-22,25,29-32,51,54,74H,4-8,10-11,13-17,19-20,23-24,26-28,33-50,52-53,55-73H2,1-3H3/b12-9-,21-18-,25-22-,31-29-,32-30-,54-51-. The summed E-state index contributed by atoms with van der Waals surface area (Å²) in [4.78, 5) is 38.4. The molecule has 0 saturated heterocycles. The number of carbonyl (C=O) groups is 3. The van der Waals surface area contributed by atoms with E-state index in [-0.39, 0.29) is 31.1 Å². The third kappa shape index (κ3) is 69.5. The lowest BCUT2D eigenvalue weighted by Gasteiger charge is -2.18. The van der Waals surface area contributed by atoms with Crippen molar-refractivity contribution < 1.29 is 28.6 Å². The van der Waals surface area contributed by atoms with Crippen LogP contribution in [0.4, 0.5) is 0 Å². The number of esters is 3. The largest absolute Gasteiger partial charge is 0.462 e. The number of ether oxygens (including phenoxy) is 3. The maximum absolute atomic E-state index is 13.0. The van der Waals surface area contributed by atoms with Gasteiger partial charge in [0.15, 0.2) is 6.10 Å². The second-order valence-electron chi connectivity index (χ2n) is 24.5. The monoisotopic (exact) mass is 1160 g/mol. The fraction of sp³-hybridized carbons (Fsp3) is 0.805. The molecule has 0 aliphatic heterocycles. The van der Waals surface area contributed by atoms with Crippen molar-refractivity contribution in [3.05, 3.63) is 72.9 Å². The van der Waals surface area contributed by atoms with Gasteiger partial charge >= 0.3 is 17.9 Å². The third-order valence-electron chi connectivity index (χ3n) is 16.2. The lowest BCUT2D eigenvalue weighted by molar-refractivity contribution is -0.167. The first-order valence-electron chi connectivity index (χ1n) is 36.4. The molecule has 0 saturated carbocycles. The Morgan fingerprint density at radius 1 is 0.253 bits per heavy atom. The number of unbranched alkanes of at least 4 members (excludes halogenated alkanes) is 44. The predicted octanol–water partition coefficient (Wildman–Crippen LogP) is 25.2. The molecule has 6 heteroatoms. The van der Waals surface area contributed by atoms with Crippen LogP contribution in [0.3, 0.4) is 0 Å². The lowest BCUT2D eigenvalue weighted by Crippen LogP contribution is -2.30. The van der Waals surface area contributed by atoms with Gasteiger partial charge in [0.1, 0.15) is 13.2 Å². The molecule has 0 amide bonds. The van der Waals surface area contributed by atoms with E-state index in [0.29, 0.717) is 19.3 Å². The van der Waals surface area contributed by atoms with Crippen molar-refractivity contribution in [3.63, 3.8) is 0 Å². The van der Waals surface area contributed by atoms with Gasteiger partial charge in [-0.1, -0.05) is 325 Å². The van der Waals surface area contributed by atoms with Gasteiger partial charge < -0.3 is 14.2 Å². The summed E-state index contributed by atoms with van der Waals surface area (Å²) < 4.78 is 17.0. The minimum Gasteiger partial charge on any atom is -0.462 e. The molecule has 0 aromatic rings. The van der Waals surface area contributed by atoms with Crippen LogP contribution in [0, 0.1) is 0 Å². The van der Waals surface area contributed by atoms with E-state index < -0.39 is 6.10 Å². The van der Waals surface area contributed by atoms with Gasteiger partial charge in [0.2, 0.25) is 0 Å². The Balaban J connectivity index is 4.24. The third-order valence-corrected chi connectivity index (χ3v) is 16.2. The highest BCUT2D eigenvalue weighted by atomic mass is 16.6. The van der Waals surface area contributed by atoms with Crippen molar-refractivity contribution >= 4 is 17.9 Å². The zero-order chi connectivity index (χ0) is 59.9. The maximum atomic E-state index is 13.0. The molecule has 482 valence electrons. The van der Waals surface area contributed by atoms with Gasteiger partial charge in [-0.3, -0.25) is 14.4 Å². The quantitative estimate of drug-likeness (QED) is 0.0261. The Kier molecular flexibility index (Phi) is 68.6. The van der Waals surface area contributed by atoms with Crippen LogP contribution in [0.1, 0.15) is 380 Å². The first-order valence-corrected chi connectivity index (χ1v) is 36.4. The second-order valence-corrected chi connectivity index (χ2v) is 24.5. The molecule has 0 radical (unpaired) electrons. The van der Waals surface area contributed by atoms with Gasteiger partial charge in [0.05, 0.1) is 0 Å². The highest BCUT2D eigenvalue weighted by molar-refractivity contribution is 5.71. The number of allylic oxidation sites excluding steroid dienone is 12. The summed E-state index contributed by atoms with van der Waals surface area (Å²) >= 11 is 0. The Hall–Kier alpha value is -3.15. The van der Waals surface area contributed by atoms with Crippen LogP contribution in [0.15, 0.2) is 72.9 Å². The minimum atomic E-state index is -0.788. The Morgan fingerprint density at radius 2 is 0.470 bits per heavy atom. The molecule has 0 N–H and O–H groups in total. The Labute approximate surface area is 516 Å². The molecule has 0 heterocycles. The molecular weight excluding hydrogens is 1020 g/mol. The average molecular weight is 1160 g/mol. The zero-order valence-electron chi connectivity index (χ0n) is 55.5. The molecule has 0 aliphatic rings. The lowest BCUT2D eigenvalue weighted by atomic mass is 10.0. The molecule has 0 fully saturated rings. The first kappa shape index (κ1) is 79.8. The van der Waals surface area contributed by atoms with Crippen molar-refractivity contribution in [2.45, 2.75) is 386 Å². The van der Waals surface area contributed by atoms with E-state index in [1.807, 2.05) is 0 Å². The maximum Gasteiger partial charge on any atom is 0.306 e. The average Bonchev–Trinajstić information content (AvgIpc) is 3.49. The Bertz CT molecular complexity index is 1520. The summed E-state index contributed by atoms with van der Waals surface area (Å²) in [6.45, 7) is 6.55. The van der Waals surface area contributed by atoms with Gasteiger partial charge in [-0.05, 0) is 109 Å². The van der Waals surface area contributed by atoms with Crippen LogP contribution < -0.4 is 0 Å². The van der Waals surface area contributed by atoms with Crippen molar-refractivity contribution in [3.8, 4) is 0 Å². The summed E-state index contributed by atoms with van der Waals surface area (Å²) in [7, 11) is 0. The fourth-order valence-corrected chi connectivity index (χ4v) is 10.7. The van der Waals surface area contributed by atoms with Crippen molar-refractivity contribution in [1.29, 1.82) is 0 Å². The van der Waals surface area contributed by atoms with Crippen LogP contribution in [-0.4, -0.2) is 37.2 Å². The van der Waals surface area contributed by atoms with Crippen LogP contribution in [0.25, 0.3) is 0 Å². The highest BCUT2D eigenvalue weighted by Crippen LogP contribution is 2.18. The second kappa shape index (κ2) is 71.3. The molecule has 0 aliphatic carbocycles. The molecule has 1 unspecified atom stereocenters. The SMILES string of the molecule is CC/C=C\C/C=C\C/C=C\CCCCCC(=O)OCC(COC(=O)CCCCCCCCCCCCCCCCC/C=C\C/C=C\CCCCCCC)OC(=O)CCCCCCCCCCCCCCC/C=C\CCCCCCCCCC. The predicted molar refractivity (Wildman–Crippen MR) is 362 cm³/mol. The van der Waals surface area contributed by atoms with E-state index in [4.69, 9.17) is 14.2 Å². The van der Waals surface area contributed by atoms with E-state index in [1.165, 1.54) is 250 Å². The summed E-state index contributed by atoms with van der Waals surface area (Å²) in [5.41, 5.74) is 0. The smallest absolute Gasteiger partial charge is 0.306 e. The van der Waals surface area contributed by atoms with Crippen LogP contribution in [0.5, 0.6) is 0 Å². The molecule has 1 atom stereocenters. The van der Waals surface area contributed by atoms with E-state index in [2.05, 4.69) is 93.7 Å². The van der Waals surface area contributed by atoms with Crippen molar-refractivity contribution in [2.75, 3.05) is 13.2 Å². The number of rotatable bonds is 67. The Morgan fingerprint density at radius 3 is 0.759 bits per heavy atom. The molecule has 83 heavy (non-hydrogen) atoms. The minimum absolute atomic E-state index is 0.0818. The van der Waals surface area contributed by atoms with Crippen LogP contribution in [-0.2, 0) is 28.6 Å². The van der Waals surface area contributed by atoms with Gasteiger partial charge in [-0.25, -0.2) is 0 Å². The van der Waals surface area contributed by atoms with Gasteiger partial charge in [0.25, 0.3) is 0 Å². The first-order chi connectivity index (χ1) is 41.0. The normalized spacial score (nSPS) is 12.5. The molecule has 0 spiro atoms. The van der Waals surface area contributed by atoms with Gasteiger partial charge in [-0.15, -0.1) is 0 Å². The van der Waals surface area contributed by atoms with Crippen molar-refractivity contribution in [1.82, 2.24) is 0 Å². The summed E-state index contributed by atoms with van der Waals surface area (Å²) in [6, 6.07) is 0. The van der Waals surface area contributed by atoms with E-state index in [1.54, 1.807) is 0 Å². The topological polar surface area (TPSA) is 78.9 Å².